The minimum Gasteiger partial charge on any atom is -0.395 e. The molecule has 1 saturated heterocycles. The highest BCUT2D eigenvalue weighted by Crippen LogP contribution is 2.16. The summed E-state index contributed by atoms with van der Waals surface area (Å²) in [6, 6.07) is 0.335. The third-order valence-corrected chi connectivity index (χ3v) is 4.21. The van der Waals surface area contributed by atoms with Gasteiger partial charge < -0.3 is 10.4 Å². The molecule has 0 aromatic carbocycles. The normalized spacial score (nSPS) is 18.6. The molecule has 1 atom stereocenters. The number of aliphatic hydroxyl groups is 1. The van der Waals surface area contributed by atoms with Gasteiger partial charge in [-0.15, -0.1) is 0 Å². The van der Waals surface area contributed by atoms with Crippen LogP contribution in [0.4, 0.5) is 0 Å². The zero-order chi connectivity index (χ0) is 15.9. The van der Waals surface area contributed by atoms with E-state index in [1.807, 2.05) is 13.8 Å². The van der Waals surface area contributed by atoms with E-state index in [0.717, 1.165) is 32.4 Å². The number of hydrogen-bond acceptors (Lipinski definition) is 5. The van der Waals surface area contributed by atoms with Crippen LogP contribution in [0.15, 0.2) is 6.20 Å². The standard InChI is InChI=1S/C16H26N4O2/c1-12-15(10-18-13(2)19-12)16(22)17-7-3-4-8-20-9-5-6-14(20)11-21/h10,14,21H,3-9,11H2,1-2H3,(H,17,22). The number of rotatable bonds is 7. The van der Waals surface area contributed by atoms with Crippen LogP contribution >= 0.6 is 0 Å². The Morgan fingerprint density at radius 1 is 1.45 bits per heavy atom. The second-order valence-corrected chi connectivity index (χ2v) is 5.89. The maximum atomic E-state index is 12.1. The minimum absolute atomic E-state index is 0.105. The molecule has 122 valence electrons. The summed E-state index contributed by atoms with van der Waals surface area (Å²) in [5.41, 5.74) is 1.26. The number of carbonyl (C=O) groups is 1. The van der Waals surface area contributed by atoms with Crippen LogP contribution in [0.5, 0.6) is 0 Å². The van der Waals surface area contributed by atoms with E-state index in [-0.39, 0.29) is 12.5 Å². The van der Waals surface area contributed by atoms with Crippen molar-refractivity contribution in [1.29, 1.82) is 0 Å². The Hall–Kier alpha value is -1.53. The first-order chi connectivity index (χ1) is 10.6. The van der Waals surface area contributed by atoms with Gasteiger partial charge in [0.1, 0.15) is 5.82 Å². The highest BCUT2D eigenvalue weighted by Gasteiger charge is 2.22. The van der Waals surface area contributed by atoms with Crippen LogP contribution in [0.1, 0.15) is 47.6 Å². The molecule has 0 radical (unpaired) electrons. The van der Waals surface area contributed by atoms with E-state index in [4.69, 9.17) is 0 Å². The fourth-order valence-electron chi connectivity index (χ4n) is 2.94. The lowest BCUT2D eigenvalue weighted by molar-refractivity contribution is 0.0950. The highest BCUT2D eigenvalue weighted by atomic mass is 16.3. The predicted molar refractivity (Wildman–Crippen MR) is 84.8 cm³/mol. The second kappa shape index (κ2) is 8.19. The van der Waals surface area contributed by atoms with E-state index < -0.39 is 0 Å². The van der Waals surface area contributed by atoms with Crippen LogP contribution in [-0.4, -0.2) is 58.2 Å². The van der Waals surface area contributed by atoms with E-state index in [0.29, 0.717) is 29.7 Å². The largest absolute Gasteiger partial charge is 0.395 e. The molecule has 2 rings (SSSR count). The third kappa shape index (κ3) is 4.48. The Balaban J connectivity index is 1.67. The van der Waals surface area contributed by atoms with Gasteiger partial charge in [0.05, 0.1) is 17.9 Å². The molecule has 0 aliphatic carbocycles. The molecule has 6 heteroatoms. The number of hydrogen-bond donors (Lipinski definition) is 2. The molecular weight excluding hydrogens is 280 g/mol. The van der Waals surface area contributed by atoms with Crippen molar-refractivity contribution in [3.63, 3.8) is 0 Å². The molecule has 6 nitrogen and oxygen atoms in total. The highest BCUT2D eigenvalue weighted by molar-refractivity contribution is 5.94. The number of aliphatic hydroxyl groups excluding tert-OH is 1. The van der Waals surface area contributed by atoms with Gasteiger partial charge in [-0.05, 0) is 52.6 Å². The van der Waals surface area contributed by atoms with Crippen LogP contribution in [0, 0.1) is 13.8 Å². The SMILES string of the molecule is Cc1ncc(C(=O)NCCCCN2CCCC2CO)c(C)n1. The van der Waals surface area contributed by atoms with Crippen LogP contribution in [-0.2, 0) is 0 Å². The molecule has 1 aromatic heterocycles. The van der Waals surface area contributed by atoms with E-state index in [1.54, 1.807) is 6.20 Å². The van der Waals surface area contributed by atoms with Crippen molar-refractivity contribution in [2.24, 2.45) is 0 Å². The number of nitrogens with one attached hydrogen (secondary N) is 1. The average molecular weight is 306 g/mol. The Bertz CT molecular complexity index is 507. The number of aryl methyl sites for hydroxylation is 2. The molecule has 1 aromatic rings. The molecule has 0 bridgehead atoms. The van der Waals surface area contributed by atoms with Crippen molar-refractivity contribution >= 4 is 5.91 Å². The van der Waals surface area contributed by atoms with Crippen molar-refractivity contribution in [3.8, 4) is 0 Å². The molecule has 1 fully saturated rings. The van der Waals surface area contributed by atoms with E-state index in [1.165, 1.54) is 6.42 Å². The number of amides is 1. The Morgan fingerprint density at radius 2 is 2.27 bits per heavy atom. The topological polar surface area (TPSA) is 78.4 Å². The Labute approximate surface area is 132 Å². The summed E-state index contributed by atoms with van der Waals surface area (Å²) in [6.07, 6.45) is 5.82. The quantitative estimate of drug-likeness (QED) is 0.737. The van der Waals surface area contributed by atoms with Gasteiger partial charge in [0.25, 0.3) is 5.91 Å². The lowest BCUT2D eigenvalue weighted by Gasteiger charge is -2.22. The van der Waals surface area contributed by atoms with Crippen molar-refractivity contribution < 1.29 is 9.90 Å². The molecule has 0 saturated carbocycles. The molecule has 1 unspecified atom stereocenters. The zero-order valence-electron chi connectivity index (χ0n) is 13.5. The first-order valence-corrected chi connectivity index (χ1v) is 8.05. The second-order valence-electron chi connectivity index (χ2n) is 5.89. The zero-order valence-corrected chi connectivity index (χ0v) is 13.5. The van der Waals surface area contributed by atoms with Crippen LogP contribution in [0.25, 0.3) is 0 Å². The summed E-state index contributed by atoms with van der Waals surface area (Å²) in [6.45, 7) is 6.62. The fourth-order valence-corrected chi connectivity index (χ4v) is 2.94. The molecule has 1 amide bonds. The summed E-state index contributed by atoms with van der Waals surface area (Å²) in [7, 11) is 0. The summed E-state index contributed by atoms with van der Waals surface area (Å²) in [4.78, 5) is 22.7. The number of aromatic nitrogens is 2. The maximum absolute atomic E-state index is 12.1. The number of carbonyl (C=O) groups excluding carboxylic acids is 1. The van der Waals surface area contributed by atoms with Crippen molar-refractivity contribution in [3.05, 3.63) is 23.3 Å². The van der Waals surface area contributed by atoms with Crippen molar-refractivity contribution in [2.45, 2.75) is 45.6 Å². The lowest BCUT2D eigenvalue weighted by atomic mass is 10.2. The van der Waals surface area contributed by atoms with Gasteiger partial charge >= 0.3 is 0 Å². The van der Waals surface area contributed by atoms with Gasteiger partial charge in [0.2, 0.25) is 0 Å². The van der Waals surface area contributed by atoms with Crippen LogP contribution in [0.3, 0.4) is 0 Å². The number of likely N-dealkylation sites (tertiary alicyclic amines) is 1. The number of nitrogens with zero attached hydrogens (tertiary/aromatic N) is 3. The molecule has 22 heavy (non-hydrogen) atoms. The summed E-state index contributed by atoms with van der Waals surface area (Å²) >= 11 is 0. The van der Waals surface area contributed by atoms with Crippen LogP contribution < -0.4 is 5.32 Å². The van der Waals surface area contributed by atoms with Crippen LogP contribution in [0.2, 0.25) is 0 Å². The van der Waals surface area contributed by atoms with E-state index in [2.05, 4.69) is 20.2 Å². The maximum Gasteiger partial charge on any atom is 0.254 e. The summed E-state index contributed by atoms with van der Waals surface area (Å²) < 4.78 is 0. The van der Waals surface area contributed by atoms with Crippen molar-refractivity contribution in [1.82, 2.24) is 20.2 Å². The average Bonchev–Trinajstić information content (AvgIpc) is 2.94. The van der Waals surface area contributed by atoms with Gasteiger partial charge in [-0.25, -0.2) is 9.97 Å². The first kappa shape index (κ1) is 16.8. The monoisotopic (exact) mass is 306 g/mol. The summed E-state index contributed by atoms with van der Waals surface area (Å²) in [5.74, 6) is 0.574. The smallest absolute Gasteiger partial charge is 0.254 e. The lowest BCUT2D eigenvalue weighted by Crippen LogP contribution is -2.33. The number of unbranched alkanes of at least 4 members (excludes halogenated alkanes) is 1. The molecule has 0 spiro atoms. The van der Waals surface area contributed by atoms with E-state index >= 15 is 0 Å². The van der Waals surface area contributed by atoms with Gasteiger partial charge in [-0.2, -0.15) is 0 Å². The molecule has 1 aliphatic rings. The van der Waals surface area contributed by atoms with Gasteiger partial charge in [-0.1, -0.05) is 0 Å². The van der Waals surface area contributed by atoms with Crippen molar-refractivity contribution in [2.75, 3.05) is 26.2 Å². The molecule has 2 N–H and O–H groups in total. The van der Waals surface area contributed by atoms with Gasteiger partial charge in [0.15, 0.2) is 0 Å². The summed E-state index contributed by atoms with van der Waals surface area (Å²) in [5, 5.41) is 12.2. The third-order valence-electron chi connectivity index (χ3n) is 4.21. The molecule has 1 aliphatic heterocycles. The Kier molecular flexibility index (Phi) is 6.27. The minimum atomic E-state index is -0.105. The first-order valence-electron chi connectivity index (χ1n) is 8.05. The molecular formula is C16H26N4O2. The predicted octanol–water partition coefficient (Wildman–Crippen LogP) is 1.06. The van der Waals surface area contributed by atoms with Gasteiger partial charge in [-0.3, -0.25) is 9.69 Å². The van der Waals surface area contributed by atoms with Gasteiger partial charge in [0, 0.05) is 18.8 Å². The Morgan fingerprint density at radius 3 is 3.00 bits per heavy atom. The fraction of sp³-hybridized carbons (Fsp3) is 0.688. The molecule has 2 heterocycles. The van der Waals surface area contributed by atoms with E-state index in [9.17, 15) is 9.90 Å².